The van der Waals surface area contributed by atoms with Crippen LogP contribution in [0.1, 0.15) is 26.0 Å². The van der Waals surface area contributed by atoms with Crippen molar-refractivity contribution in [1.82, 2.24) is 30.8 Å². The molecule has 11 heteroatoms. The van der Waals surface area contributed by atoms with Gasteiger partial charge in [0.1, 0.15) is 6.04 Å². The summed E-state index contributed by atoms with van der Waals surface area (Å²) in [5.74, 6) is -1.61. The third-order valence-electron chi connectivity index (χ3n) is 4.36. The third-order valence-corrected chi connectivity index (χ3v) is 4.36. The molecule has 1 aromatic rings. The van der Waals surface area contributed by atoms with Crippen LogP contribution in [0, 0.1) is 5.92 Å². The number of aryl methyl sites for hydroxylation is 1. The van der Waals surface area contributed by atoms with Crippen LogP contribution >= 0.6 is 0 Å². The maximum Gasteiger partial charge on any atom is 0.243 e. The molecule has 11 nitrogen and oxygen atoms in total. The molecule has 0 aliphatic rings. The molecule has 1 aromatic heterocycles. The van der Waals surface area contributed by atoms with Crippen molar-refractivity contribution >= 4 is 23.6 Å². The van der Waals surface area contributed by atoms with Crippen LogP contribution in [0.2, 0.25) is 0 Å². The smallest absolute Gasteiger partial charge is 0.243 e. The van der Waals surface area contributed by atoms with Gasteiger partial charge in [0.15, 0.2) is 0 Å². The molecule has 162 valence electrons. The summed E-state index contributed by atoms with van der Waals surface area (Å²) < 4.78 is 1.73. The van der Waals surface area contributed by atoms with Crippen molar-refractivity contribution in [2.24, 2.45) is 18.7 Å². The van der Waals surface area contributed by atoms with Crippen molar-refractivity contribution < 1.29 is 19.2 Å². The van der Waals surface area contributed by atoms with Gasteiger partial charge in [-0.15, -0.1) is 0 Å². The van der Waals surface area contributed by atoms with Gasteiger partial charge in [-0.25, -0.2) is 4.98 Å². The van der Waals surface area contributed by atoms with E-state index < -0.39 is 23.9 Å². The monoisotopic (exact) mass is 409 g/mol. The number of rotatable bonds is 11. The molecule has 0 aliphatic heterocycles. The van der Waals surface area contributed by atoms with Gasteiger partial charge in [0.25, 0.3) is 0 Å². The van der Waals surface area contributed by atoms with Crippen molar-refractivity contribution in [2.75, 3.05) is 20.1 Å². The molecular formula is C18H31N7O4. The zero-order chi connectivity index (χ0) is 22.0. The standard InChI is InChI=1S/C18H31N7O4/c1-11(2)16(19)18(29)22-6-5-14(26)24-13(7-12-8-21-10-25(12)4)17(28)23-9-15(27)20-3/h8,10-11,13,16H,5-7,9,19H2,1-4H3,(H,20,27)(H,22,29)(H,23,28)(H,24,26)/t13-,16-/m0/s1. The van der Waals surface area contributed by atoms with E-state index in [9.17, 15) is 19.2 Å². The van der Waals surface area contributed by atoms with Crippen LogP contribution in [-0.2, 0) is 32.6 Å². The Morgan fingerprint density at radius 3 is 2.38 bits per heavy atom. The van der Waals surface area contributed by atoms with Crippen molar-refractivity contribution in [1.29, 1.82) is 0 Å². The normalized spacial score (nSPS) is 12.8. The highest BCUT2D eigenvalue weighted by molar-refractivity contribution is 5.90. The molecule has 6 N–H and O–H groups in total. The molecule has 0 unspecified atom stereocenters. The van der Waals surface area contributed by atoms with E-state index in [1.165, 1.54) is 7.05 Å². The number of likely N-dealkylation sites (N-methyl/N-ethyl adjacent to an activating group) is 1. The fourth-order valence-corrected chi connectivity index (χ4v) is 2.37. The summed E-state index contributed by atoms with van der Waals surface area (Å²) in [6.07, 6.45) is 3.37. The second-order valence-electron chi connectivity index (χ2n) is 7.02. The largest absolute Gasteiger partial charge is 0.358 e. The number of amides is 4. The van der Waals surface area contributed by atoms with Gasteiger partial charge in [-0.05, 0) is 5.92 Å². The van der Waals surface area contributed by atoms with Crippen molar-refractivity contribution in [3.63, 3.8) is 0 Å². The Bertz CT molecular complexity index is 717. The molecule has 0 radical (unpaired) electrons. The van der Waals surface area contributed by atoms with Gasteiger partial charge >= 0.3 is 0 Å². The summed E-state index contributed by atoms with van der Waals surface area (Å²) in [4.78, 5) is 51.9. The molecule has 0 fully saturated rings. The maximum atomic E-state index is 12.5. The first kappa shape index (κ1) is 24.1. The van der Waals surface area contributed by atoms with Crippen molar-refractivity contribution in [2.45, 2.75) is 38.8 Å². The predicted octanol–water partition coefficient (Wildman–Crippen LogP) is -2.20. The Morgan fingerprint density at radius 1 is 1.14 bits per heavy atom. The highest BCUT2D eigenvalue weighted by Gasteiger charge is 2.23. The fourth-order valence-electron chi connectivity index (χ4n) is 2.37. The van der Waals surface area contributed by atoms with Crippen LogP contribution in [-0.4, -0.2) is 65.4 Å². The van der Waals surface area contributed by atoms with E-state index in [0.717, 1.165) is 5.69 Å². The second kappa shape index (κ2) is 11.8. The van der Waals surface area contributed by atoms with Gasteiger partial charge in [-0.1, -0.05) is 13.8 Å². The Labute approximate surface area is 170 Å². The number of nitrogens with two attached hydrogens (primary N) is 1. The van der Waals surface area contributed by atoms with Crippen LogP contribution in [0.4, 0.5) is 0 Å². The van der Waals surface area contributed by atoms with Gasteiger partial charge in [-0.2, -0.15) is 0 Å². The zero-order valence-corrected chi connectivity index (χ0v) is 17.3. The lowest BCUT2D eigenvalue weighted by molar-refractivity contribution is -0.130. The van der Waals surface area contributed by atoms with Gasteiger partial charge in [0.2, 0.25) is 23.6 Å². The minimum absolute atomic E-state index is 0.0127. The average Bonchev–Trinajstić information content (AvgIpc) is 3.08. The first-order valence-corrected chi connectivity index (χ1v) is 9.41. The fraction of sp³-hybridized carbons (Fsp3) is 0.611. The van der Waals surface area contributed by atoms with Crippen molar-refractivity contribution in [3.8, 4) is 0 Å². The maximum absolute atomic E-state index is 12.5. The van der Waals surface area contributed by atoms with Crippen LogP contribution in [0.5, 0.6) is 0 Å². The lowest BCUT2D eigenvalue weighted by Gasteiger charge is -2.19. The van der Waals surface area contributed by atoms with E-state index in [0.29, 0.717) is 0 Å². The SMILES string of the molecule is CNC(=O)CNC(=O)[C@H](Cc1cncn1C)NC(=O)CCNC(=O)[C@@H](N)C(C)C. The highest BCUT2D eigenvalue weighted by atomic mass is 16.2. The number of nitrogens with one attached hydrogen (secondary N) is 4. The van der Waals surface area contributed by atoms with Crippen molar-refractivity contribution in [3.05, 3.63) is 18.2 Å². The lowest BCUT2D eigenvalue weighted by atomic mass is 10.1. The van der Waals surface area contributed by atoms with Gasteiger partial charge < -0.3 is 31.6 Å². The molecule has 0 aromatic carbocycles. The van der Waals surface area contributed by atoms with E-state index >= 15 is 0 Å². The van der Waals surface area contributed by atoms with Crippen LogP contribution in [0.25, 0.3) is 0 Å². The summed E-state index contributed by atoms with van der Waals surface area (Å²) in [5.41, 5.74) is 6.49. The first-order valence-electron chi connectivity index (χ1n) is 9.41. The first-order chi connectivity index (χ1) is 13.6. The van der Waals surface area contributed by atoms with E-state index in [4.69, 9.17) is 5.73 Å². The van der Waals surface area contributed by atoms with Crippen LogP contribution in [0.15, 0.2) is 12.5 Å². The topological polar surface area (TPSA) is 160 Å². The summed E-state index contributed by atoms with van der Waals surface area (Å²) in [6, 6.07) is -1.54. The summed E-state index contributed by atoms with van der Waals surface area (Å²) in [5, 5.41) is 10.1. The minimum atomic E-state index is -0.892. The molecule has 0 bridgehead atoms. The molecule has 1 heterocycles. The number of aromatic nitrogens is 2. The molecule has 1 rings (SSSR count). The van der Waals surface area contributed by atoms with E-state index in [-0.39, 0.29) is 43.7 Å². The van der Waals surface area contributed by atoms with Gasteiger partial charge in [-0.3, -0.25) is 19.2 Å². The highest BCUT2D eigenvalue weighted by Crippen LogP contribution is 2.03. The molecule has 0 aliphatic carbocycles. The Morgan fingerprint density at radius 2 is 1.83 bits per heavy atom. The van der Waals surface area contributed by atoms with Crippen LogP contribution < -0.4 is 27.0 Å². The summed E-state index contributed by atoms with van der Waals surface area (Å²) in [7, 11) is 3.24. The predicted molar refractivity (Wildman–Crippen MR) is 106 cm³/mol. The Kier molecular flexibility index (Phi) is 9.80. The van der Waals surface area contributed by atoms with Gasteiger partial charge in [0.05, 0.1) is 18.9 Å². The van der Waals surface area contributed by atoms with E-state index in [1.54, 1.807) is 24.1 Å². The molecule has 2 atom stereocenters. The number of carbonyl (C=O) groups is 4. The molecule has 29 heavy (non-hydrogen) atoms. The van der Waals surface area contributed by atoms with Gasteiger partial charge in [0, 0.05) is 45.4 Å². The zero-order valence-electron chi connectivity index (χ0n) is 17.3. The second-order valence-corrected chi connectivity index (χ2v) is 7.02. The van der Waals surface area contributed by atoms with Crippen LogP contribution in [0.3, 0.4) is 0 Å². The molecule has 0 saturated heterocycles. The molecule has 4 amide bonds. The summed E-state index contributed by atoms with van der Waals surface area (Å²) in [6.45, 7) is 3.56. The average molecular weight is 409 g/mol. The minimum Gasteiger partial charge on any atom is -0.358 e. The quantitative estimate of drug-likeness (QED) is 0.279. The summed E-state index contributed by atoms with van der Waals surface area (Å²) >= 11 is 0. The lowest BCUT2D eigenvalue weighted by Crippen LogP contribution is -2.50. The molecule has 0 saturated carbocycles. The molecule has 0 spiro atoms. The Balaban J connectivity index is 2.64. The van der Waals surface area contributed by atoms with E-state index in [1.807, 2.05) is 13.8 Å². The number of nitrogens with zero attached hydrogens (tertiary/aromatic N) is 2. The third kappa shape index (κ3) is 8.30. The van der Waals surface area contributed by atoms with E-state index in [2.05, 4.69) is 26.3 Å². The molecular weight excluding hydrogens is 378 g/mol. The number of imidazole rings is 1. The Hall–Kier alpha value is -2.95. The number of carbonyl (C=O) groups excluding carboxylic acids is 4. The number of hydrogen-bond donors (Lipinski definition) is 5. The number of hydrogen-bond acceptors (Lipinski definition) is 6.